The molecule has 0 radical (unpaired) electrons. The molecule has 1 unspecified atom stereocenters. The average Bonchev–Trinajstić information content (AvgIpc) is 2.49. The fraction of sp³-hybridized carbons (Fsp3) is 0.611. The Hall–Kier alpha value is -1.26. The van der Waals surface area contributed by atoms with Gasteiger partial charge in [0.15, 0.2) is 6.54 Å². The molecule has 2 N–H and O–H groups in total. The molecule has 0 heterocycles. The fourth-order valence-electron chi connectivity index (χ4n) is 3.34. The maximum Gasteiger partial charge on any atom is 0.275 e. The first-order chi connectivity index (χ1) is 11.0. The molecule has 1 aromatic carbocycles. The summed E-state index contributed by atoms with van der Waals surface area (Å²) >= 11 is 6.06. The predicted octanol–water partition coefficient (Wildman–Crippen LogP) is 2.06. The van der Waals surface area contributed by atoms with Crippen LogP contribution in [0.3, 0.4) is 0 Å². The first-order valence-corrected chi connectivity index (χ1v) is 8.80. The topological polar surface area (TPSA) is 42.8 Å². The summed E-state index contributed by atoms with van der Waals surface area (Å²) in [6.07, 6.45) is 4.83. The van der Waals surface area contributed by atoms with Crippen molar-refractivity contribution in [3.63, 3.8) is 0 Å². The number of nitrogens with one attached hydrogen (secondary N) is 2. The van der Waals surface area contributed by atoms with E-state index in [1.54, 1.807) is 7.11 Å². The quantitative estimate of drug-likeness (QED) is 0.833. The zero-order valence-electron chi connectivity index (χ0n) is 14.3. The molecule has 3 atom stereocenters. The maximum absolute atomic E-state index is 12.3. The van der Waals surface area contributed by atoms with E-state index in [0.717, 1.165) is 22.6 Å². The lowest BCUT2D eigenvalue weighted by Gasteiger charge is -2.29. The van der Waals surface area contributed by atoms with Crippen molar-refractivity contribution in [1.82, 2.24) is 5.32 Å². The number of halogens is 1. The van der Waals surface area contributed by atoms with E-state index in [0.29, 0.717) is 30.1 Å². The molecular weight excluding hydrogens is 312 g/mol. The number of hydrogen-bond donors (Lipinski definition) is 2. The molecule has 1 aliphatic carbocycles. The van der Waals surface area contributed by atoms with E-state index < -0.39 is 0 Å². The highest BCUT2D eigenvalue weighted by atomic mass is 35.5. The monoisotopic (exact) mass is 339 g/mol. The number of likely N-dealkylation sites (N-methyl/N-ethyl adjacent to an activating group) is 1. The lowest BCUT2D eigenvalue weighted by molar-refractivity contribution is -0.885. The largest absolute Gasteiger partial charge is 0.496 e. The summed E-state index contributed by atoms with van der Waals surface area (Å²) in [5.41, 5.74) is 1.02. The molecule has 0 bridgehead atoms. The van der Waals surface area contributed by atoms with Gasteiger partial charge in [-0.15, -0.1) is 0 Å². The SMILES string of the molecule is COc1ccc(Cl)cc1C[NH+](C)CC(=O)N[C@H]1CCCC[C@@H]1C. The van der Waals surface area contributed by atoms with Crippen LogP contribution < -0.4 is 15.0 Å². The maximum atomic E-state index is 12.3. The average molecular weight is 340 g/mol. The van der Waals surface area contributed by atoms with Gasteiger partial charge in [0.25, 0.3) is 5.91 Å². The van der Waals surface area contributed by atoms with Gasteiger partial charge in [0.1, 0.15) is 12.3 Å². The number of carbonyl (C=O) groups excluding carboxylic acids is 1. The molecule has 0 saturated heterocycles. The van der Waals surface area contributed by atoms with Crippen molar-refractivity contribution < 1.29 is 14.4 Å². The molecule has 128 valence electrons. The van der Waals surface area contributed by atoms with Gasteiger partial charge in [-0.05, 0) is 37.0 Å². The number of ether oxygens (including phenoxy) is 1. The third-order valence-electron chi connectivity index (χ3n) is 4.65. The second-order valence-electron chi connectivity index (χ2n) is 6.70. The van der Waals surface area contributed by atoms with Gasteiger partial charge < -0.3 is 15.0 Å². The Balaban J connectivity index is 1.87. The molecule has 0 aliphatic heterocycles. The van der Waals surface area contributed by atoms with Gasteiger partial charge in [-0.25, -0.2) is 0 Å². The van der Waals surface area contributed by atoms with Gasteiger partial charge in [-0.2, -0.15) is 0 Å². The van der Waals surface area contributed by atoms with Crippen LogP contribution in [0, 0.1) is 5.92 Å². The van der Waals surface area contributed by atoms with E-state index in [1.807, 2.05) is 25.2 Å². The number of carbonyl (C=O) groups is 1. The third-order valence-corrected chi connectivity index (χ3v) is 4.89. The minimum absolute atomic E-state index is 0.127. The second-order valence-corrected chi connectivity index (χ2v) is 7.14. The van der Waals surface area contributed by atoms with Crippen LogP contribution in [0.1, 0.15) is 38.2 Å². The van der Waals surface area contributed by atoms with Gasteiger partial charge in [0.05, 0.1) is 14.2 Å². The molecule has 5 heteroatoms. The van der Waals surface area contributed by atoms with Crippen LogP contribution >= 0.6 is 11.6 Å². The Morgan fingerprint density at radius 2 is 2.13 bits per heavy atom. The highest BCUT2D eigenvalue weighted by Gasteiger charge is 2.24. The van der Waals surface area contributed by atoms with Crippen LogP contribution in [-0.4, -0.2) is 32.7 Å². The first kappa shape index (κ1) is 18.1. The van der Waals surface area contributed by atoms with Crippen molar-refractivity contribution in [3.05, 3.63) is 28.8 Å². The summed E-state index contributed by atoms with van der Waals surface area (Å²) in [6, 6.07) is 5.93. The van der Waals surface area contributed by atoms with E-state index in [1.165, 1.54) is 19.3 Å². The Kier molecular flexibility index (Phi) is 6.72. The molecule has 0 spiro atoms. The Morgan fingerprint density at radius 3 is 2.83 bits per heavy atom. The summed E-state index contributed by atoms with van der Waals surface area (Å²) in [6.45, 7) is 3.40. The molecule has 23 heavy (non-hydrogen) atoms. The van der Waals surface area contributed by atoms with Gasteiger partial charge in [0.2, 0.25) is 0 Å². The number of hydrogen-bond acceptors (Lipinski definition) is 2. The normalized spacial score (nSPS) is 22.4. The summed E-state index contributed by atoms with van der Waals surface area (Å²) in [5, 5.41) is 3.90. The van der Waals surface area contributed by atoms with Crippen molar-refractivity contribution in [2.24, 2.45) is 5.92 Å². The van der Waals surface area contributed by atoms with Gasteiger partial charge in [-0.3, -0.25) is 4.79 Å². The van der Waals surface area contributed by atoms with Crippen molar-refractivity contribution in [3.8, 4) is 5.75 Å². The zero-order chi connectivity index (χ0) is 16.8. The number of quaternary nitrogens is 1. The lowest BCUT2D eigenvalue weighted by Crippen LogP contribution is -3.09. The number of amides is 1. The van der Waals surface area contributed by atoms with E-state index >= 15 is 0 Å². The van der Waals surface area contributed by atoms with Crippen LogP contribution in [0.4, 0.5) is 0 Å². The molecule has 1 amide bonds. The third kappa shape index (κ3) is 5.40. The van der Waals surface area contributed by atoms with E-state index in [-0.39, 0.29) is 5.91 Å². The van der Waals surface area contributed by atoms with Crippen LogP contribution in [0.15, 0.2) is 18.2 Å². The van der Waals surface area contributed by atoms with Crippen LogP contribution in [-0.2, 0) is 11.3 Å². The molecule has 1 fully saturated rings. The minimum atomic E-state index is 0.127. The standard InChI is InChI=1S/C18H27ClN2O2/c1-13-6-4-5-7-16(13)20-18(22)12-21(2)11-14-10-15(19)8-9-17(14)23-3/h8-10,13,16H,4-7,11-12H2,1-3H3,(H,20,22)/p+1/t13-,16-/m0/s1. The van der Waals surface area contributed by atoms with Crippen molar-refractivity contribution in [1.29, 1.82) is 0 Å². The van der Waals surface area contributed by atoms with Gasteiger partial charge >= 0.3 is 0 Å². The molecule has 1 aliphatic rings. The Bertz CT molecular complexity index is 536. The molecule has 1 aromatic rings. The number of rotatable bonds is 6. The molecule has 4 nitrogen and oxygen atoms in total. The smallest absolute Gasteiger partial charge is 0.275 e. The van der Waals surface area contributed by atoms with Crippen molar-refractivity contribution >= 4 is 17.5 Å². The lowest BCUT2D eigenvalue weighted by atomic mass is 9.86. The molecular formula is C18H28ClN2O2+. The van der Waals surface area contributed by atoms with Crippen molar-refractivity contribution in [2.75, 3.05) is 20.7 Å². The van der Waals surface area contributed by atoms with Crippen molar-refractivity contribution in [2.45, 2.75) is 45.2 Å². The fourth-order valence-corrected chi connectivity index (χ4v) is 3.53. The summed E-state index contributed by atoms with van der Waals surface area (Å²) < 4.78 is 5.37. The highest BCUT2D eigenvalue weighted by Crippen LogP contribution is 2.23. The van der Waals surface area contributed by atoms with Gasteiger partial charge in [-0.1, -0.05) is 31.4 Å². The molecule has 1 saturated carbocycles. The molecule has 2 rings (SSSR count). The highest BCUT2D eigenvalue weighted by molar-refractivity contribution is 6.30. The summed E-state index contributed by atoms with van der Waals surface area (Å²) in [5.74, 6) is 1.53. The Morgan fingerprint density at radius 1 is 1.39 bits per heavy atom. The van der Waals surface area contributed by atoms with Gasteiger partial charge in [0, 0.05) is 16.6 Å². The first-order valence-electron chi connectivity index (χ1n) is 8.42. The van der Waals surface area contributed by atoms with E-state index in [2.05, 4.69) is 12.2 Å². The summed E-state index contributed by atoms with van der Waals surface area (Å²) in [7, 11) is 3.67. The molecule has 0 aromatic heterocycles. The van der Waals surface area contributed by atoms with E-state index in [4.69, 9.17) is 16.3 Å². The second kappa shape index (κ2) is 8.55. The minimum Gasteiger partial charge on any atom is -0.496 e. The van der Waals surface area contributed by atoms with Crippen LogP contribution in [0.2, 0.25) is 5.02 Å². The Labute approximate surface area is 144 Å². The van der Waals surface area contributed by atoms with E-state index in [9.17, 15) is 4.79 Å². The van der Waals surface area contributed by atoms with Crippen LogP contribution in [0.5, 0.6) is 5.75 Å². The zero-order valence-corrected chi connectivity index (χ0v) is 15.1. The number of benzene rings is 1. The van der Waals surface area contributed by atoms with Crippen LogP contribution in [0.25, 0.3) is 0 Å². The summed E-state index contributed by atoms with van der Waals surface area (Å²) in [4.78, 5) is 13.4. The predicted molar refractivity (Wildman–Crippen MR) is 93.0 cm³/mol. The number of methoxy groups -OCH3 is 1.